The van der Waals surface area contributed by atoms with Gasteiger partial charge in [0.2, 0.25) is 0 Å². The van der Waals surface area contributed by atoms with Gasteiger partial charge < -0.3 is 15.6 Å². The summed E-state index contributed by atoms with van der Waals surface area (Å²) in [5, 5.41) is 10.1. The van der Waals surface area contributed by atoms with Gasteiger partial charge in [0, 0.05) is 19.7 Å². The number of nitrogens with two attached hydrogens (primary N) is 1. The molecule has 1 aromatic carbocycles. The first-order valence-corrected chi connectivity index (χ1v) is 7.98. The maximum Gasteiger partial charge on any atom is 0.0900 e. The van der Waals surface area contributed by atoms with Crippen LogP contribution in [-0.2, 0) is 11.3 Å². The Morgan fingerprint density at radius 1 is 1.24 bits per heavy atom. The lowest BCUT2D eigenvalue weighted by molar-refractivity contribution is 0.0143. The van der Waals surface area contributed by atoms with Crippen molar-refractivity contribution in [2.45, 2.75) is 38.8 Å². The van der Waals surface area contributed by atoms with E-state index in [9.17, 15) is 5.11 Å². The second-order valence-corrected chi connectivity index (χ2v) is 5.45. The van der Waals surface area contributed by atoms with Crippen LogP contribution in [0.4, 0.5) is 0 Å². The van der Waals surface area contributed by atoms with Crippen LogP contribution in [0.3, 0.4) is 0 Å². The molecule has 0 saturated heterocycles. The first-order chi connectivity index (χ1) is 10.3. The molecule has 0 bridgehead atoms. The minimum atomic E-state index is -0.441. The largest absolute Gasteiger partial charge is 0.389 e. The van der Waals surface area contributed by atoms with E-state index in [2.05, 4.69) is 24.0 Å². The molecule has 120 valence electrons. The van der Waals surface area contributed by atoms with E-state index in [1.807, 2.05) is 18.2 Å². The number of benzene rings is 1. The average Bonchev–Trinajstić information content (AvgIpc) is 2.50. The summed E-state index contributed by atoms with van der Waals surface area (Å²) in [5.41, 5.74) is 6.86. The number of rotatable bonds is 12. The highest BCUT2D eigenvalue weighted by atomic mass is 16.5. The average molecular weight is 294 g/mol. The minimum absolute atomic E-state index is 0.411. The van der Waals surface area contributed by atoms with Crippen LogP contribution in [0.25, 0.3) is 0 Å². The third-order valence-corrected chi connectivity index (χ3v) is 3.35. The van der Waals surface area contributed by atoms with Crippen LogP contribution >= 0.6 is 0 Å². The fourth-order valence-corrected chi connectivity index (χ4v) is 2.21. The predicted molar refractivity (Wildman–Crippen MR) is 87.1 cm³/mol. The van der Waals surface area contributed by atoms with E-state index >= 15 is 0 Å². The Hall–Kier alpha value is -0.940. The second-order valence-electron chi connectivity index (χ2n) is 5.45. The standard InChI is InChI=1S/C17H30N2O2/c1-2-3-12-21-15-17(20)14-19(11-7-10-18)13-16-8-5-4-6-9-16/h4-6,8-9,17,20H,2-3,7,10-15,18H2,1H3. The molecule has 0 aromatic heterocycles. The highest BCUT2D eigenvalue weighted by Crippen LogP contribution is 2.06. The van der Waals surface area contributed by atoms with E-state index in [4.69, 9.17) is 10.5 Å². The molecule has 4 heteroatoms. The van der Waals surface area contributed by atoms with E-state index in [1.54, 1.807) is 0 Å². The van der Waals surface area contributed by atoms with Crippen molar-refractivity contribution in [3.05, 3.63) is 35.9 Å². The number of aliphatic hydroxyl groups is 1. The van der Waals surface area contributed by atoms with Crippen molar-refractivity contribution in [3.63, 3.8) is 0 Å². The Morgan fingerprint density at radius 2 is 2.00 bits per heavy atom. The van der Waals surface area contributed by atoms with Gasteiger partial charge in [-0.25, -0.2) is 0 Å². The third-order valence-electron chi connectivity index (χ3n) is 3.35. The van der Waals surface area contributed by atoms with Crippen molar-refractivity contribution in [2.75, 3.05) is 32.8 Å². The molecule has 0 heterocycles. The second kappa shape index (κ2) is 11.7. The number of nitrogens with zero attached hydrogens (tertiary/aromatic N) is 1. The Morgan fingerprint density at radius 3 is 2.67 bits per heavy atom. The van der Waals surface area contributed by atoms with Crippen molar-refractivity contribution in [2.24, 2.45) is 5.73 Å². The molecule has 0 spiro atoms. The summed E-state index contributed by atoms with van der Waals surface area (Å²) < 4.78 is 5.49. The van der Waals surface area contributed by atoms with Crippen LogP contribution in [0.2, 0.25) is 0 Å². The summed E-state index contributed by atoms with van der Waals surface area (Å²) >= 11 is 0. The van der Waals surface area contributed by atoms with Crippen molar-refractivity contribution < 1.29 is 9.84 Å². The fourth-order valence-electron chi connectivity index (χ4n) is 2.21. The molecule has 1 unspecified atom stereocenters. The van der Waals surface area contributed by atoms with Crippen molar-refractivity contribution >= 4 is 0 Å². The molecule has 1 aromatic rings. The minimum Gasteiger partial charge on any atom is -0.389 e. The molecule has 3 N–H and O–H groups in total. The third kappa shape index (κ3) is 8.83. The highest BCUT2D eigenvalue weighted by molar-refractivity contribution is 5.14. The SMILES string of the molecule is CCCCOCC(O)CN(CCCN)Cc1ccccc1. The lowest BCUT2D eigenvalue weighted by Crippen LogP contribution is -2.36. The van der Waals surface area contributed by atoms with Crippen molar-refractivity contribution in [1.82, 2.24) is 4.90 Å². The van der Waals surface area contributed by atoms with E-state index < -0.39 is 6.10 Å². The number of aliphatic hydroxyl groups excluding tert-OH is 1. The number of ether oxygens (including phenoxy) is 1. The number of hydrogen-bond acceptors (Lipinski definition) is 4. The molecule has 0 aliphatic heterocycles. The van der Waals surface area contributed by atoms with Crippen LogP contribution in [0, 0.1) is 0 Å². The maximum absolute atomic E-state index is 10.1. The summed E-state index contributed by atoms with van der Waals surface area (Å²) in [4.78, 5) is 2.25. The molecule has 0 amide bonds. The highest BCUT2D eigenvalue weighted by Gasteiger charge is 2.12. The number of hydrogen-bond donors (Lipinski definition) is 2. The molecule has 0 radical (unpaired) electrons. The van der Waals surface area contributed by atoms with Crippen LogP contribution in [0.1, 0.15) is 31.7 Å². The van der Waals surface area contributed by atoms with E-state index in [0.717, 1.165) is 39.0 Å². The predicted octanol–water partition coefficient (Wildman–Crippen LogP) is 2.01. The summed E-state index contributed by atoms with van der Waals surface area (Å²) in [5.74, 6) is 0. The Labute approximate surface area is 128 Å². The molecular formula is C17H30N2O2. The van der Waals surface area contributed by atoms with Crippen molar-refractivity contribution in [3.8, 4) is 0 Å². The van der Waals surface area contributed by atoms with Crippen molar-refractivity contribution in [1.29, 1.82) is 0 Å². The lowest BCUT2D eigenvalue weighted by Gasteiger charge is -2.25. The van der Waals surface area contributed by atoms with Crippen LogP contribution < -0.4 is 5.73 Å². The zero-order valence-electron chi connectivity index (χ0n) is 13.2. The first kappa shape index (κ1) is 18.1. The molecule has 1 atom stereocenters. The molecular weight excluding hydrogens is 264 g/mol. The van der Waals surface area contributed by atoms with E-state index in [1.165, 1.54) is 5.56 Å². The summed E-state index contributed by atoms with van der Waals surface area (Å²) in [6, 6.07) is 10.3. The first-order valence-electron chi connectivity index (χ1n) is 7.98. The fraction of sp³-hybridized carbons (Fsp3) is 0.647. The monoisotopic (exact) mass is 294 g/mol. The van der Waals surface area contributed by atoms with Crippen LogP contribution in [0.15, 0.2) is 30.3 Å². The van der Waals surface area contributed by atoms with E-state index in [0.29, 0.717) is 19.7 Å². The molecule has 1 rings (SSSR count). The molecule has 0 aliphatic rings. The van der Waals surface area contributed by atoms with Gasteiger partial charge in [-0.1, -0.05) is 43.7 Å². The topological polar surface area (TPSA) is 58.7 Å². The van der Waals surface area contributed by atoms with Crippen LogP contribution in [-0.4, -0.2) is 49.0 Å². The summed E-state index contributed by atoms with van der Waals surface area (Å²) in [6.45, 7) is 6.32. The summed E-state index contributed by atoms with van der Waals surface area (Å²) in [6.07, 6.45) is 2.67. The molecule has 0 fully saturated rings. The van der Waals surface area contributed by atoms with Crippen LogP contribution in [0.5, 0.6) is 0 Å². The van der Waals surface area contributed by atoms with Gasteiger partial charge in [-0.05, 0) is 31.5 Å². The van der Waals surface area contributed by atoms with Gasteiger partial charge in [0.05, 0.1) is 12.7 Å². The molecule has 0 aliphatic carbocycles. The zero-order chi connectivity index (χ0) is 15.3. The Bertz CT molecular complexity index is 346. The van der Waals surface area contributed by atoms with Gasteiger partial charge in [0.1, 0.15) is 0 Å². The number of unbranched alkanes of at least 4 members (excludes halogenated alkanes) is 1. The van der Waals surface area contributed by atoms with Gasteiger partial charge in [-0.3, -0.25) is 4.90 Å². The molecule has 0 saturated carbocycles. The zero-order valence-corrected chi connectivity index (χ0v) is 13.2. The maximum atomic E-state index is 10.1. The Kier molecular flexibility index (Phi) is 10.1. The molecule has 4 nitrogen and oxygen atoms in total. The lowest BCUT2D eigenvalue weighted by atomic mass is 10.2. The van der Waals surface area contributed by atoms with Gasteiger partial charge in [-0.15, -0.1) is 0 Å². The normalized spacial score (nSPS) is 12.8. The Balaban J connectivity index is 2.38. The molecule has 21 heavy (non-hydrogen) atoms. The van der Waals surface area contributed by atoms with Gasteiger partial charge in [-0.2, -0.15) is 0 Å². The quantitative estimate of drug-likeness (QED) is 0.579. The van der Waals surface area contributed by atoms with Gasteiger partial charge in [0.25, 0.3) is 0 Å². The van der Waals surface area contributed by atoms with Gasteiger partial charge in [0.15, 0.2) is 0 Å². The van der Waals surface area contributed by atoms with Gasteiger partial charge >= 0.3 is 0 Å². The smallest absolute Gasteiger partial charge is 0.0900 e. The van der Waals surface area contributed by atoms with E-state index in [-0.39, 0.29) is 0 Å². The summed E-state index contributed by atoms with van der Waals surface area (Å²) in [7, 11) is 0.